The Hall–Kier alpha value is -1.55. The van der Waals surface area contributed by atoms with Gasteiger partial charge in [0.2, 0.25) is 0 Å². The van der Waals surface area contributed by atoms with Crippen LogP contribution < -0.4 is 0 Å². The SMILES string of the molecule is CCC(=O)c1ccnc(-c2ccsc2F)c1. The van der Waals surface area contributed by atoms with Gasteiger partial charge in [0.15, 0.2) is 10.9 Å². The van der Waals surface area contributed by atoms with Gasteiger partial charge >= 0.3 is 0 Å². The summed E-state index contributed by atoms with van der Waals surface area (Å²) in [6.45, 7) is 1.80. The second kappa shape index (κ2) is 4.53. The van der Waals surface area contributed by atoms with E-state index in [0.717, 1.165) is 11.3 Å². The molecule has 0 aromatic carbocycles. The number of nitrogens with zero attached hydrogens (tertiary/aromatic N) is 1. The van der Waals surface area contributed by atoms with E-state index in [4.69, 9.17) is 0 Å². The third-order valence-corrected chi connectivity index (χ3v) is 3.00. The van der Waals surface area contributed by atoms with Crippen LogP contribution in [0.2, 0.25) is 0 Å². The van der Waals surface area contributed by atoms with Gasteiger partial charge in [-0.1, -0.05) is 6.92 Å². The van der Waals surface area contributed by atoms with Crippen LogP contribution in [0.3, 0.4) is 0 Å². The lowest BCUT2D eigenvalue weighted by atomic mass is 10.1. The number of hydrogen-bond acceptors (Lipinski definition) is 3. The fourth-order valence-corrected chi connectivity index (χ4v) is 2.06. The molecular weight excluding hydrogens is 225 g/mol. The first-order chi connectivity index (χ1) is 7.72. The highest BCUT2D eigenvalue weighted by molar-refractivity contribution is 7.08. The Labute approximate surface area is 96.8 Å². The van der Waals surface area contributed by atoms with Gasteiger partial charge in [-0.3, -0.25) is 9.78 Å². The summed E-state index contributed by atoms with van der Waals surface area (Å²) in [7, 11) is 0. The van der Waals surface area contributed by atoms with Crippen LogP contribution in [0.4, 0.5) is 4.39 Å². The number of pyridine rings is 1. The third kappa shape index (κ3) is 2.02. The molecule has 2 nitrogen and oxygen atoms in total. The predicted octanol–water partition coefficient (Wildman–Crippen LogP) is 3.54. The Morgan fingerprint density at radius 2 is 2.31 bits per heavy atom. The summed E-state index contributed by atoms with van der Waals surface area (Å²) in [5, 5.41) is 1.40. The highest BCUT2D eigenvalue weighted by atomic mass is 32.1. The zero-order chi connectivity index (χ0) is 11.5. The second-order valence-corrected chi connectivity index (χ2v) is 4.18. The molecule has 16 heavy (non-hydrogen) atoms. The molecule has 0 bridgehead atoms. The lowest BCUT2D eigenvalue weighted by Crippen LogP contribution is -1.97. The van der Waals surface area contributed by atoms with Crippen LogP contribution in [0.15, 0.2) is 29.8 Å². The molecule has 0 aliphatic heterocycles. The molecule has 0 N–H and O–H groups in total. The minimum Gasteiger partial charge on any atom is -0.294 e. The molecule has 2 aromatic heterocycles. The van der Waals surface area contributed by atoms with Crippen molar-refractivity contribution in [3.63, 3.8) is 0 Å². The van der Waals surface area contributed by atoms with Gasteiger partial charge in [0.25, 0.3) is 0 Å². The van der Waals surface area contributed by atoms with E-state index in [1.807, 2.05) is 0 Å². The standard InChI is InChI=1S/C12H10FNOS/c1-2-11(15)8-3-5-14-10(7-8)9-4-6-16-12(9)13/h3-7H,2H2,1H3. The van der Waals surface area contributed by atoms with E-state index >= 15 is 0 Å². The molecule has 0 atom stereocenters. The lowest BCUT2D eigenvalue weighted by molar-refractivity contribution is 0.0988. The molecular formula is C12H10FNOS. The van der Waals surface area contributed by atoms with Gasteiger partial charge in [0.1, 0.15) is 0 Å². The minimum atomic E-state index is -0.270. The fourth-order valence-electron chi connectivity index (χ4n) is 1.43. The number of Topliss-reactive ketones (excluding diaryl/α,β-unsaturated/α-hetero) is 1. The van der Waals surface area contributed by atoms with E-state index in [0.29, 0.717) is 23.2 Å². The first kappa shape index (κ1) is 11.0. The van der Waals surface area contributed by atoms with Crippen molar-refractivity contribution in [3.8, 4) is 11.3 Å². The second-order valence-electron chi connectivity index (χ2n) is 3.31. The molecule has 4 heteroatoms. The lowest BCUT2D eigenvalue weighted by Gasteiger charge is -2.01. The number of rotatable bonds is 3. The number of carbonyl (C=O) groups is 1. The van der Waals surface area contributed by atoms with Gasteiger partial charge in [-0.25, -0.2) is 0 Å². The monoisotopic (exact) mass is 235 g/mol. The van der Waals surface area contributed by atoms with Crippen LogP contribution in [0.1, 0.15) is 23.7 Å². The van der Waals surface area contributed by atoms with Crippen LogP contribution in [-0.2, 0) is 0 Å². The van der Waals surface area contributed by atoms with Crippen molar-refractivity contribution in [2.75, 3.05) is 0 Å². The number of thiophene rings is 1. The minimum absolute atomic E-state index is 0.0410. The first-order valence-electron chi connectivity index (χ1n) is 4.95. The van der Waals surface area contributed by atoms with E-state index in [-0.39, 0.29) is 10.9 Å². The third-order valence-electron chi connectivity index (χ3n) is 2.30. The Morgan fingerprint density at radius 3 is 2.94 bits per heavy atom. The van der Waals surface area contributed by atoms with Gasteiger partial charge in [0, 0.05) is 23.7 Å². The molecule has 0 aliphatic carbocycles. The molecule has 2 rings (SSSR count). The van der Waals surface area contributed by atoms with Crippen molar-refractivity contribution in [2.24, 2.45) is 0 Å². The van der Waals surface area contributed by atoms with Crippen molar-refractivity contribution >= 4 is 17.1 Å². The maximum absolute atomic E-state index is 13.3. The molecule has 0 amide bonds. The van der Waals surface area contributed by atoms with Crippen molar-refractivity contribution in [3.05, 3.63) is 40.5 Å². The maximum atomic E-state index is 13.3. The number of aromatic nitrogens is 1. The molecule has 0 radical (unpaired) electrons. The summed E-state index contributed by atoms with van der Waals surface area (Å²) < 4.78 is 13.3. The van der Waals surface area contributed by atoms with E-state index in [9.17, 15) is 9.18 Å². The van der Waals surface area contributed by atoms with Crippen LogP contribution in [0, 0.1) is 5.13 Å². The summed E-state index contributed by atoms with van der Waals surface area (Å²) in [6, 6.07) is 4.96. The summed E-state index contributed by atoms with van der Waals surface area (Å²) >= 11 is 1.03. The Morgan fingerprint density at radius 1 is 1.50 bits per heavy atom. The maximum Gasteiger partial charge on any atom is 0.185 e. The van der Waals surface area contributed by atoms with Crippen LogP contribution in [0.25, 0.3) is 11.3 Å². The van der Waals surface area contributed by atoms with E-state index < -0.39 is 0 Å². The van der Waals surface area contributed by atoms with Gasteiger partial charge in [-0.2, -0.15) is 4.39 Å². The van der Waals surface area contributed by atoms with Gasteiger partial charge in [0.05, 0.1) is 5.69 Å². The highest BCUT2D eigenvalue weighted by Gasteiger charge is 2.10. The molecule has 0 aliphatic rings. The molecule has 0 spiro atoms. The Kier molecular flexibility index (Phi) is 3.10. The predicted molar refractivity (Wildman–Crippen MR) is 62.1 cm³/mol. The van der Waals surface area contributed by atoms with Crippen LogP contribution in [-0.4, -0.2) is 10.8 Å². The smallest absolute Gasteiger partial charge is 0.185 e. The molecule has 0 fully saturated rings. The average molecular weight is 235 g/mol. The fraction of sp³-hybridized carbons (Fsp3) is 0.167. The van der Waals surface area contributed by atoms with E-state index in [1.165, 1.54) is 6.20 Å². The Balaban J connectivity index is 2.44. The van der Waals surface area contributed by atoms with E-state index in [1.54, 1.807) is 30.5 Å². The quantitative estimate of drug-likeness (QED) is 0.761. The van der Waals surface area contributed by atoms with Gasteiger partial charge < -0.3 is 0 Å². The zero-order valence-electron chi connectivity index (χ0n) is 8.74. The normalized spacial score (nSPS) is 10.4. The highest BCUT2D eigenvalue weighted by Crippen LogP contribution is 2.25. The number of ketones is 1. The van der Waals surface area contributed by atoms with E-state index in [2.05, 4.69) is 4.98 Å². The zero-order valence-corrected chi connectivity index (χ0v) is 9.55. The number of hydrogen-bond donors (Lipinski definition) is 0. The van der Waals surface area contributed by atoms with Crippen molar-refractivity contribution in [1.82, 2.24) is 4.98 Å². The van der Waals surface area contributed by atoms with Crippen LogP contribution >= 0.6 is 11.3 Å². The van der Waals surface area contributed by atoms with Gasteiger partial charge in [-0.15, -0.1) is 11.3 Å². The molecule has 0 saturated heterocycles. The molecule has 0 unspecified atom stereocenters. The number of carbonyl (C=O) groups excluding carboxylic acids is 1. The first-order valence-corrected chi connectivity index (χ1v) is 5.83. The van der Waals surface area contributed by atoms with Crippen molar-refractivity contribution < 1.29 is 9.18 Å². The molecule has 2 heterocycles. The number of halogens is 1. The molecule has 0 saturated carbocycles. The largest absolute Gasteiger partial charge is 0.294 e. The van der Waals surface area contributed by atoms with Crippen LogP contribution in [0.5, 0.6) is 0 Å². The molecule has 2 aromatic rings. The average Bonchev–Trinajstić information content (AvgIpc) is 2.74. The van der Waals surface area contributed by atoms with Gasteiger partial charge in [-0.05, 0) is 23.6 Å². The summed E-state index contributed by atoms with van der Waals surface area (Å²) in [4.78, 5) is 15.6. The molecule has 82 valence electrons. The Bertz CT molecular complexity index is 521. The summed E-state index contributed by atoms with van der Waals surface area (Å²) in [6.07, 6.45) is 1.98. The van der Waals surface area contributed by atoms with Crippen molar-refractivity contribution in [2.45, 2.75) is 13.3 Å². The summed E-state index contributed by atoms with van der Waals surface area (Å²) in [5.74, 6) is 0.0410. The van der Waals surface area contributed by atoms with Crippen molar-refractivity contribution in [1.29, 1.82) is 0 Å². The topological polar surface area (TPSA) is 30.0 Å². The summed E-state index contributed by atoms with van der Waals surface area (Å²) in [5.41, 5.74) is 1.55.